The van der Waals surface area contributed by atoms with Crippen LogP contribution < -0.4 is 0 Å². The Hall–Kier alpha value is -1.82. The number of hydrogen-bond donors (Lipinski definition) is 1. The number of carboxylic acids is 1. The van der Waals surface area contributed by atoms with Crippen LogP contribution in [0.5, 0.6) is 0 Å². The number of esters is 2. The third kappa shape index (κ3) is 6.36. The number of halogens is 1. The van der Waals surface area contributed by atoms with E-state index in [1.165, 1.54) is 13.0 Å². The van der Waals surface area contributed by atoms with Crippen LogP contribution in [0.3, 0.4) is 0 Å². The van der Waals surface area contributed by atoms with Gasteiger partial charge in [0.15, 0.2) is 6.10 Å². The summed E-state index contributed by atoms with van der Waals surface area (Å²) in [5, 5.41) is 7.68. The standard InChI is InChI=1S/C10H11ClO6/c1-3-4-16-9(14)6(2)17-10(15)7(11)5-8(12)13/h3,5-6H,1,4H2,2H3,(H,12,13)/b7-5+/t6-/m0/s1. The Morgan fingerprint density at radius 1 is 1.47 bits per heavy atom. The number of carboxylic acid groups (broad SMARTS) is 1. The molecule has 0 aromatic heterocycles. The molecule has 0 aliphatic rings. The normalized spacial score (nSPS) is 12.5. The summed E-state index contributed by atoms with van der Waals surface area (Å²) in [4.78, 5) is 32.5. The molecule has 0 radical (unpaired) electrons. The average Bonchev–Trinajstić information content (AvgIpc) is 2.24. The molecule has 0 spiro atoms. The van der Waals surface area contributed by atoms with Crippen molar-refractivity contribution in [3.8, 4) is 0 Å². The van der Waals surface area contributed by atoms with Crippen molar-refractivity contribution in [1.29, 1.82) is 0 Å². The van der Waals surface area contributed by atoms with Gasteiger partial charge in [0, 0.05) is 6.08 Å². The number of hydrogen-bond acceptors (Lipinski definition) is 5. The molecule has 7 heteroatoms. The number of aliphatic carboxylic acids is 1. The summed E-state index contributed by atoms with van der Waals surface area (Å²) in [5.74, 6) is -3.29. The maximum atomic E-state index is 11.2. The summed E-state index contributed by atoms with van der Waals surface area (Å²) in [6, 6.07) is 0. The smallest absolute Gasteiger partial charge is 0.350 e. The Bertz CT molecular complexity index is 360. The molecule has 0 rings (SSSR count). The van der Waals surface area contributed by atoms with Crippen LogP contribution in [-0.4, -0.2) is 35.7 Å². The third-order valence-corrected chi connectivity index (χ3v) is 1.67. The highest BCUT2D eigenvalue weighted by Gasteiger charge is 2.21. The number of carbonyl (C=O) groups excluding carboxylic acids is 2. The van der Waals surface area contributed by atoms with E-state index in [9.17, 15) is 14.4 Å². The molecule has 0 saturated heterocycles. The summed E-state index contributed by atoms with van der Waals surface area (Å²) < 4.78 is 9.16. The van der Waals surface area contributed by atoms with E-state index in [0.717, 1.165) is 0 Å². The van der Waals surface area contributed by atoms with Crippen LogP contribution in [0.25, 0.3) is 0 Å². The van der Waals surface area contributed by atoms with Gasteiger partial charge in [0.2, 0.25) is 0 Å². The van der Waals surface area contributed by atoms with Gasteiger partial charge in [0.1, 0.15) is 11.6 Å². The summed E-state index contributed by atoms with van der Waals surface area (Å²) in [6.07, 6.45) is 0.633. The minimum absolute atomic E-state index is 0.0145. The second-order valence-electron chi connectivity index (χ2n) is 2.80. The Morgan fingerprint density at radius 2 is 2.06 bits per heavy atom. The first kappa shape index (κ1) is 15.2. The van der Waals surface area contributed by atoms with Gasteiger partial charge in [-0.05, 0) is 6.92 Å². The van der Waals surface area contributed by atoms with E-state index < -0.39 is 29.0 Å². The lowest BCUT2D eigenvalue weighted by molar-refractivity contribution is -0.163. The Labute approximate surface area is 102 Å². The molecule has 0 aromatic carbocycles. The summed E-state index contributed by atoms with van der Waals surface area (Å²) >= 11 is 5.32. The summed E-state index contributed by atoms with van der Waals surface area (Å²) in [5.41, 5.74) is 0. The first-order valence-corrected chi connectivity index (χ1v) is 4.85. The van der Waals surface area contributed by atoms with Gasteiger partial charge < -0.3 is 14.6 Å². The largest absolute Gasteiger partial charge is 0.478 e. The highest BCUT2D eigenvalue weighted by Crippen LogP contribution is 2.07. The van der Waals surface area contributed by atoms with Gasteiger partial charge in [-0.25, -0.2) is 14.4 Å². The Balaban J connectivity index is 4.33. The van der Waals surface area contributed by atoms with Gasteiger partial charge in [0.25, 0.3) is 0 Å². The summed E-state index contributed by atoms with van der Waals surface area (Å²) in [6.45, 7) is 4.59. The zero-order valence-electron chi connectivity index (χ0n) is 9.01. The van der Waals surface area contributed by atoms with Gasteiger partial charge in [-0.2, -0.15) is 0 Å². The molecule has 1 atom stereocenters. The van der Waals surface area contributed by atoms with Gasteiger partial charge in [-0.15, -0.1) is 0 Å². The predicted octanol–water partition coefficient (Wildman–Crippen LogP) is 0.855. The molecule has 0 aliphatic heterocycles. The predicted molar refractivity (Wildman–Crippen MR) is 58.3 cm³/mol. The molecule has 1 N–H and O–H groups in total. The van der Waals surface area contributed by atoms with Crippen molar-refractivity contribution in [1.82, 2.24) is 0 Å². The SMILES string of the molecule is C=CCOC(=O)[C@H](C)OC(=O)/C(Cl)=C\C(=O)O. The fourth-order valence-electron chi connectivity index (χ4n) is 0.691. The zero-order chi connectivity index (χ0) is 13.4. The molecule has 0 heterocycles. The highest BCUT2D eigenvalue weighted by atomic mass is 35.5. The molecule has 0 amide bonds. The maximum Gasteiger partial charge on any atom is 0.350 e. The van der Waals surface area contributed by atoms with Crippen LogP contribution in [0.2, 0.25) is 0 Å². The van der Waals surface area contributed by atoms with Crippen molar-refractivity contribution in [2.45, 2.75) is 13.0 Å². The van der Waals surface area contributed by atoms with E-state index >= 15 is 0 Å². The van der Waals surface area contributed by atoms with Gasteiger partial charge >= 0.3 is 17.9 Å². The molecule has 17 heavy (non-hydrogen) atoms. The molecule has 6 nitrogen and oxygen atoms in total. The van der Waals surface area contributed by atoms with Crippen LogP contribution >= 0.6 is 11.6 Å². The van der Waals surface area contributed by atoms with Crippen molar-refractivity contribution in [3.05, 3.63) is 23.8 Å². The van der Waals surface area contributed by atoms with Crippen molar-refractivity contribution in [2.75, 3.05) is 6.61 Å². The van der Waals surface area contributed by atoms with E-state index in [4.69, 9.17) is 16.7 Å². The van der Waals surface area contributed by atoms with Crippen molar-refractivity contribution < 1.29 is 29.0 Å². The minimum atomic E-state index is -1.39. The summed E-state index contributed by atoms with van der Waals surface area (Å²) in [7, 11) is 0. The van der Waals surface area contributed by atoms with Gasteiger partial charge in [-0.1, -0.05) is 24.3 Å². The number of ether oxygens (including phenoxy) is 2. The van der Waals surface area contributed by atoms with Crippen LogP contribution in [0.15, 0.2) is 23.8 Å². The van der Waals surface area contributed by atoms with E-state index in [2.05, 4.69) is 16.1 Å². The van der Waals surface area contributed by atoms with Gasteiger partial charge in [-0.3, -0.25) is 0 Å². The Kier molecular flexibility index (Phi) is 6.65. The molecule has 0 bridgehead atoms. The topological polar surface area (TPSA) is 89.9 Å². The van der Waals surface area contributed by atoms with Crippen molar-refractivity contribution in [2.24, 2.45) is 0 Å². The zero-order valence-corrected chi connectivity index (χ0v) is 9.77. The van der Waals surface area contributed by atoms with E-state index in [1.54, 1.807) is 0 Å². The molecule has 0 saturated carbocycles. The second kappa shape index (κ2) is 7.45. The van der Waals surface area contributed by atoms with Crippen molar-refractivity contribution in [3.63, 3.8) is 0 Å². The lowest BCUT2D eigenvalue weighted by Crippen LogP contribution is -2.26. The maximum absolute atomic E-state index is 11.2. The molecule has 0 unspecified atom stereocenters. The quantitative estimate of drug-likeness (QED) is 0.434. The van der Waals surface area contributed by atoms with E-state index in [0.29, 0.717) is 6.08 Å². The molecular formula is C10H11ClO6. The number of rotatable bonds is 6. The Morgan fingerprint density at radius 3 is 2.53 bits per heavy atom. The molecule has 0 aromatic rings. The first-order chi connectivity index (χ1) is 7.88. The first-order valence-electron chi connectivity index (χ1n) is 4.47. The average molecular weight is 263 g/mol. The fourth-order valence-corrected chi connectivity index (χ4v) is 0.829. The van der Waals surface area contributed by atoms with Crippen LogP contribution in [0.1, 0.15) is 6.92 Å². The lowest BCUT2D eigenvalue weighted by atomic mass is 10.4. The minimum Gasteiger partial charge on any atom is -0.478 e. The molecule has 94 valence electrons. The fraction of sp³-hybridized carbons (Fsp3) is 0.300. The number of carbonyl (C=O) groups is 3. The molecular weight excluding hydrogens is 252 g/mol. The monoisotopic (exact) mass is 262 g/mol. The van der Waals surface area contributed by atoms with Gasteiger partial charge in [0.05, 0.1) is 0 Å². The van der Waals surface area contributed by atoms with Crippen LogP contribution in [-0.2, 0) is 23.9 Å². The second-order valence-corrected chi connectivity index (χ2v) is 3.20. The lowest BCUT2D eigenvalue weighted by Gasteiger charge is -2.11. The molecule has 0 aliphatic carbocycles. The molecule has 0 fully saturated rings. The van der Waals surface area contributed by atoms with Crippen molar-refractivity contribution >= 4 is 29.5 Å². The van der Waals surface area contributed by atoms with E-state index in [1.807, 2.05) is 0 Å². The third-order valence-electron chi connectivity index (χ3n) is 1.40. The van der Waals surface area contributed by atoms with E-state index in [-0.39, 0.29) is 6.61 Å². The highest BCUT2D eigenvalue weighted by molar-refractivity contribution is 6.42. The van der Waals surface area contributed by atoms with Crippen LogP contribution in [0, 0.1) is 0 Å². The van der Waals surface area contributed by atoms with Crippen LogP contribution in [0.4, 0.5) is 0 Å².